The van der Waals surface area contributed by atoms with Gasteiger partial charge in [-0.3, -0.25) is 4.79 Å². The third-order valence-electron chi connectivity index (χ3n) is 2.71. The molecule has 1 aromatic carbocycles. The molecule has 0 aliphatic rings. The lowest BCUT2D eigenvalue weighted by atomic mass is 10.2. The first-order chi connectivity index (χ1) is 7.67. The Morgan fingerprint density at radius 2 is 2.06 bits per heavy atom. The maximum Gasteiger partial charge on any atom is 0.166 e. The van der Waals surface area contributed by atoms with Crippen LogP contribution < -0.4 is 4.74 Å². The van der Waals surface area contributed by atoms with Crippen molar-refractivity contribution in [3.05, 3.63) is 30.0 Å². The number of benzene rings is 1. The third kappa shape index (κ3) is 1.58. The standard InChI is InChI=1S/C13H15NO2/c1-9(2)14-11(8-15)6-10-7-12(16-3)4-5-13(10)14/h4-9H,1-3H3. The third-order valence-corrected chi connectivity index (χ3v) is 2.71. The average Bonchev–Trinajstić information content (AvgIpc) is 2.65. The predicted octanol–water partition coefficient (Wildman–Crippen LogP) is 3.04. The summed E-state index contributed by atoms with van der Waals surface area (Å²) in [5.74, 6) is 0.811. The molecule has 0 aliphatic carbocycles. The van der Waals surface area contributed by atoms with Gasteiger partial charge in [0.1, 0.15) is 5.75 Å². The van der Waals surface area contributed by atoms with Crippen LogP contribution in [0.1, 0.15) is 30.4 Å². The molecular weight excluding hydrogens is 202 g/mol. The normalized spacial score (nSPS) is 11.0. The zero-order valence-electron chi connectivity index (χ0n) is 9.73. The molecule has 0 saturated heterocycles. The second-order valence-corrected chi connectivity index (χ2v) is 4.08. The number of methoxy groups -OCH3 is 1. The molecule has 3 nitrogen and oxygen atoms in total. The van der Waals surface area contributed by atoms with Gasteiger partial charge in [-0.15, -0.1) is 0 Å². The van der Waals surface area contributed by atoms with Gasteiger partial charge in [-0.2, -0.15) is 0 Å². The Morgan fingerprint density at radius 1 is 1.31 bits per heavy atom. The summed E-state index contributed by atoms with van der Waals surface area (Å²) in [4.78, 5) is 11.0. The average molecular weight is 217 g/mol. The quantitative estimate of drug-likeness (QED) is 0.740. The first-order valence-electron chi connectivity index (χ1n) is 5.31. The Balaban J connectivity index is 2.72. The van der Waals surface area contributed by atoms with Gasteiger partial charge in [0.25, 0.3) is 0 Å². The highest BCUT2D eigenvalue weighted by Crippen LogP contribution is 2.26. The molecule has 0 aliphatic heterocycles. The molecule has 1 heterocycles. The van der Waals surface area contributed by atoms with Gasteiger partial charge < -0.3 is 9.30 Å². The number of hydrogen-bond acceptors (Lipinski definition) is 2. The van der Waals surface area contributed by atoms with Crippen LogP contribution in [0.25, 0.3) is 10.9 Å². The van der Waals surface area contributed by atoms with E-state index in [9.17, 15) is 4.79 Å². The van der Waals surface area contributed by atoms with Gasteiger partial charge in [-0.25, -0.2) is 0 Å². The molecule has 84 valence electrons. The SMILES string of the molecule is COc1ccc2c(c1)cc(C=O)n2C(C)C. The van der Waals surface area contributed by atoms with Crippen LogP contribution in [0.2, 0.25) is 0 Å². The van der Waals surface area contributed by atoms with E-state index in [0.29, 0.717) is 5.69 Å². The summed E-state index contributed by atoms with van der Waals surface area (Å²) in [6, 6.07) is 8.01. The Bertz CT molecular complexity index is 526. The highest BCUT2D eigenvalue weighted by molar-refractivity contribution is 5.89. The summed E-state index contributed by atoms with van der Waals surface area (Å²) in [6.07, 6.45) is 0.895. The van der Waals surface area contributed by atoms with Crippen molar-refractivity contribution in [3.8, 4) is 5.75 Å². The van der Waals surface area contributed by atoms with Gasteiger partial charge in [0.15, 0.2) is 6.29 Å². The van der Waals surface area contributed by atoms with Crippen molar-refractivity contribution in [2.75, 3.05) is 7.11 Å². The molecular formula is C13H15NO2. The summed E-state index contributed by atoms with van der Waals surface area (Å²) in [7, 11) is 1.64. The monoisotopic (exact) mass is 217 g/mol. The number of nitrogens with zero attached hydrogens (tertiary/aromatic N) is 1. The number of ether oxygens (including phenoxy) is 1. The molecule has 0 atom stereocenters. The number of aldehydes is 1. The first-order valence-corrected chi connectivity index (χ1v) is 5.31. The fraction of sp³-hybridized carbons (Fsp3) is 0.308. The van der Waals surface area contributed by atoms with Gasteiger partial charge in [0.05, 0.1) is 12.8 Å². The summed E-state index contributed by atoms with van der Waals surface area (Å²) >= 11 is 0. The number of aromatic nitrogens is 1. The Kier molecular flexibility index (Phi) is 2.69. The first kappa shape index (κ1) is 10.7. The highest BCUT2D eigenvalue weighted by Gasteiger charge is 2.11. The molecule has 0 spiro atoms. The number of carbonyl (C=O) groups is 1. The van der Waals surface area contributed by atoms with E-state index in [2.05, 4.69) is 13.8 Å². The van der Waals surface area contributed by atoms with Crippen molar-refractivity contribution in [2.24, 2.45) is 0 Å². The molecule has 0 fully saturated rings. The van der Waals surface area contributed by atoms with E-state index < -0.39 is 0 Å². The lowest BCUT2D eigenvalue weighted by Gasteiger charge is -2.11. The maximum atomic E-state index is 11.0. The zero-order valence-corrected chi connectivity index (χ0v) is 9.73. The van der Waals surface area contributed by atoms with E-state index in [-0.39, 0.29) is 6.04 Å². The summed E-state index contributed by atoms with van der Waals surface area (Å²) in [5.41, 5.74) is 1.77. The van der Waals surface area contributed by atoms with Crippen LogP contribution in [-0.4, -0.2) is 18.0 Å². The minimum Gasteiger partial charge on any atom is -0.497 e. The van der Waals surface area contributed by atoms with Crippen molar-refractivity contribution in [1.82, 2.24) is 4.57 Å². The van der Waals surface area contributed by atoms with E-state index in [1.165, 1.54) is 0 Å². The number of rotatable bonds is 3. The molecule has 0 amide bonds. The number of hydrogen-bond donors (Lipinski definition) is 0. The molecule has 0 saturated carbocycles. The molecule has 3 heteroatoms. The molecule has 2 rings (SSSR count). The molecule has 0 bridgehead atoms. The number of carbonyl (C=O) groups excluding carboxylic acids is 1. The van der Waals surface area contributed by atoms with Crippen LogP contribution in [0.4, 0.5) is 0 Å². The van der Waals surface area contributed by atoms with Crippen LogP contribution in [-0.2, 0) is 0 Å². The van der Waals surface area contributed by atoms with E-state index >= 15 is 0 Å². The van der Waals surface area contributed by atoms with Gasteiger partial charge in [0, 0.05) is 16.9 Å². The Labute approximate surface area is 94.6 Å². The second-order valence-electron chi connectivity index (χ2n) is 4.08. The zero-order chi connectivity index (χ0) is 11.7. The summed E-state index contributed by atoms with van der Waals surface area (Å²) < 4.78 is 7.20. The van der Waals surface area contributed by atoms with E-state index in [1.807, 2.05) is 28.8 Å². The van der Waals surface area contributed by atoms with Crippen LogP contribution in [0.15, 0.2) is 24.3 Å². The van der Waals surface area contributed by atoms with E-state index in [4.69, 9.17) is 4.74 Å². The van der Waals surface area contributed by atoms with Crippen molar-refractivity contribution in [3.63, 3.8) is 0 Å². The molecule has 1 aromatic heterocycles. The summed E-state index contributed by atoms with van der Waals surface area (Å²) in [6.45, 7) is 4.13. The van der Waals surface area contributed by atoms with Crippen molar-refractivity contribution in [2.45, 2.75) is 19.9 Å². The van der Waals surface area contributed by atoms with Gasteiger partial charge in [-0.1, -0.05) is 0 Å². The van der Waals surface area contributed by atoms with Gasteiger partial charge >= 0.3 is 0 Å². The van der Waals surface area contributed by atoms with Crippen molar-refractivity contribution < 1.29 is 9.53 Å². The van der Waals surface area contributed by atoms with Crippen LogP contribution in [0, 0.1) is 0 Å². The fourth-order valence-electron chi connectivity index (χ4n) is 2.03. The topological polar surface area (TPSA) is 31.2 Å². The smallest absolute Gasteiger partial charge is 0.166 e. The largest absolute Gasteiger partial charge is 0.497 e. The molecule has 2 aromatic rings. The number of fused-ring (bicyclic) bond motifs is 1. The van der Waals surface area contributed by atoms with Crippen LogP contribution >= 0.6 is 0 Å². The van der Waals surface area contributed by atoms with Gasteiger partial charge in [0.2, 0.25) is 0 Å². The molecule has 16 heavy (non-hydrogen) atoms. The van der Waals surface area contributed by atoms with E-state index in [1.54, 1.807) is 7.11 Å². The van der Waals surface area contributed by atoms with E-state index in [0.717, 1.165) is 22.9 Å². The Morgan fingerprint density at radius 3 is 2.62 bits per heavy atom. The fourth-order valence-corrected chi connectivity index (χ4v) is 2.03. The van der Waals surface area contributed by atoms with Crippen LogP contribution in [0.3, 0.4) is 0 Å². The minimum absolute atomic E-state index is 0.270. The lowest BCUT2D eigenvalue weighted by molar-refractivity contribution is 0.111. The second kappa shape index (κ2) is 4.00. The maximum absolute atomic E-state index is 11.0. The minimum atomic E-state index is 0.270. The Hall–Kier alpha value is -1.77. The highest BCUT2D eigenvalue weighted by atomic mass is 16.5. The molecule has 0 unspecified atom stereocenters. The van der Waals surface area contributed by atoms with Gasteiger partial charge in [-0.05, 0) is 38.1 Å². The molecule has 0 radical (unpaired) electrons. The lowest BCUT2D eigenvalue weighted by Crippen LogP contribution is -2.04. The predicted molar refractivity (Wildman–Crippen MR) is 64.3 cm³/mol. The summed E-state index contributed by atoms with van der Waals surface area (Å²) in [5, 5.41) is 1.04. The van der Waals surface area contributed by atoms with Crippen molar-refractivity contribution >= 4 is 17.2 Å². The molecule has 0 N–H and O–H groups in total. The van der Waals surface area contributed by atoms with Crippen LogP contribution in [0.5, 0.6) is 5.75 Å². The van der Waals surface area contributed by atoms with Crippen molar-refractivity contribution in [1.29, 1.82) is 0 Å².